The largest absolute Gasteiger partial charge is 0.244 e. The molecule has 2 heterocycles. The van der Waals surface area contributed by atoms with Crippen LogP contribution in [-0.4, -0.2) is 15.0 Å². The zero-order valence-corrected chi connectivity index (χ0v) is 15.1. The molecule has 5 heteroatoms. The number of thioether (sulfide) groups is 1. The first kappa shape index (κ1) is 16.1. The molecule has 0 atom stereocenters. The molecule has 3 rings (SSSR count). The summed E-state index contributed by atoms with van der Waals surface area (Å²) < 4.78 is 0. The van der Waals surface area contributed by atoms with E-state index in [-0.39, 0.29) is 0 Å². The lowest BCUT2D eigenvalue weighted by Crippen LogP contribution is -1.86. The molecule has 0 radical (unpaired) electrons. The molecule has 23 heavy (non-hydrogen) atoms. The van der Waals surface area contributed by atoms with Gasteiger partial charge in [0, 0.05) is 34.8 Å². The van der Waals surface area contributed by atoms with Gasteiger partial charge in [0.25, 0.3) is 0 Å². The van der Waals surface area contributed by atoms with Crippen molar-refractivity contribution in [2.75, 3.05) is 0 Å². The third-order valence-electron chi connectivity index (χ3n) is 3.48. The Morgan fingerprint density at radius 2 is 1.70 bits per heavy atom. The third kappa shape index (κ3) is 4.18. The first-order valence-electron chi connectivity index (χ1n) is 7.58. The number of rotatable bonds is 5. The monoisotopic (exact) mass is 341 g/mol. The van der Waals surface area contributed by atoms with Crippen LogP contribution in [0.3, 0.4) is 0 Å². The second kappa shape index (κ2) is 7.23. The van der Waals surface area contributed by atoms with E-state index in [4.69, 9.17) is 0 Å². The SMILES string of the molecule is Cc1cnc(SCc2cnc(-c3ccc(C(C)C)cc3)s2)nc1. The molecule has 0 N–H and O–H groups in total. The van der Waals surface area contributed by atoms with Crippen molar-refractivity contribution in [2.45, 2.75) is 37.6 Å². The Morgan fingerprint density at radius 1 is 1.00 bits per heavy atom. The number of thiazole rings is 1. The Labute approximate surface area is 145 Å². The molecule has 0 aliphatic carbocycles. The van der Waals surface area contributed by atoms with Crippen LogP contribution >= 0.6 is 23.1 Å². The number of nitrogens with zero attached hydrogens (tertiary/aromatic N) is 3. The van der Waals surface area contributed by atoms with Crippen molar-refractivity contribution in [1.29, 1.82) is 0 Å². The summed E-state index contributed by atoms with van der Waals surface area (Å²) in [6, 6.07) is 8.70. The Balaban J connectivity index is 1.66. The summed E-state index contributed by atoms with van der Waals surface area (Å²) in [6.07, 6.45) is 5.66. The van der Waals surface area contributed by atoms with Gasteiger partial charge in [-0.05, 0) is 24.0 Å². The molecule has 0 amide bonds. The van der Waals surface area contributed by atoms with E-state index in [1.165, 1.54) is 16.0 Å². The van der Waals surface area contributed by atoms with Crippen molar-refractivity contribution in [1.82, 2.24) is 15.0 Å². The first-order valence-corrected chi connectivity index (χ1v) is 9.38. The Bertz CT molecular complexity index is 762. The van der Waals surface area contributed by atoms with Crippen LogP contribution in [0.25, 0.3) is 10.6 Å². The number of aryl methyl sites for hydroxylation is 1. The van der Waals surface area contributed by atoms with Crippen LogP contribution in [0, 0.1) is 6.92 Å². The van der Waals surface area contributed by atoms with Gasteiger partial charge >= 0.3 is 0 Å². The fourth-order valence-corrected chi connectivity index (χ4v) is 3.84. The van der Waals surface area contributed by atoms with Gasteiger partial charge in [0.2, 0.25) is 0 Å². The molecular formula is C18H19N3S2. The molecule has 3 nitrogen and oxygen atoms in total. The predicted octanol–water partition coefficient (Wildman–Crippen LogP) is 5.32. The molecule has 2 aromatic heterocycles. The maximum atomic E-state index is 4.55. The standard InChI is InChI=1S/C18H19N3S2/c1-12(2)14-4-6-15(7-5-14)17-19-10-16(23-17)11-22-18-20-8-13(3)9-21-18/h4-10,12H,11H2,1-3H3. The molecular weight excluding hydrogens is 322 g/mol. The Hall–Kier alpha value is -1.72. The average Bonchev–Trinajstić information content (AvgIpc) is 3.03. The quantitative estimate of drug-likeness (QED) is 0.465. The van der Waals surface area contributed by atoms with Gasteiger partial charge in [-0.25, -0.2) is 15.0 Å². The topological polar surface area (TPSA) is 38.7 Å². The van der Waals surface area contributed by atoms with Crippen LogP contribution in [0.5, 0.6) is 0 Å². The highest BCUT2D eigenvalue weighted by molar-refractivity contribution is 7.98. The number of benzene rings is 1. The van der Waals surface area contributed by atoms with E-state index >= 15 is 0 Å². The molecule has 0 bridgehead atoms. The molecule has 1 aromatic carbocycles. The lowest BCUT2D eigenvalue weighted by atomic mass is 10.0. The van der Waals surface area contributed by atoms with Gasteiger partial charge in [-0.3, -0.25) is 0 Å². The Kier molecular flexibility index (Phi) is 5.08. The highest BCUT2D eigenvalue weighted by Gasteiger charge is 2.07. The van der Waals surface area contributed by atoms with Gasteiger partial charge in [0.1, 0.15) is 5.01 Å². The molecule has 3 aromatic rings. The highest BCUT2D eigenvalue weighted by atomic mass is 32.2. The normalized spacial score (nSPS) is 11.1. The average molecular weight is 342 g/mol. The number of aromatic nitrogens is 3. The van der Waals surface area contributed by atoms with Crippen molar-refractivity contribution in [3.8, 4) is 10.6 Å². The number of hydrogen-bond acceptors (Lipinski definition) is 5. The zero-order valence-electron chi connectivity index (χ0n) is 13.5. The molecule has 0 saturated carbocycles. The minimum atomic E-state index is 0.557. The summed E-state index contributed by atoms with van der Waals surface area (Å²) in [4.78, 5) is 14.4. The summed E-state index contributed by atoms with van der Waals surface area (Å²) in [5, 5.41) is 1.88. The number of hydrogen-bond donors (Lipinski definition) is 0. The van der Waals surface area contributed by atoms with Gasteiger partial charge < -0.3 is 0 Å². The van der Waals surface area contributed by atoms with Crippen molar-refractivity contribution < 1.29 is 0 Å². The molecule has 118 valence electrons. The van der Waals surface area contributed by atoms with Crippen LogP contribution in [0.15, 0.2) is 48.0 Å². The maximum absolute atomic E-state index is 4.55. The maximum Gasteiger partial charge on any atom is 0.187 e. The summed E-state index contributed by atoms with van der Waals surface area (Å²) >= 11 is 3.38. The van der Waals surface area contributed by atoms with Crippen molar-refractivity contribution >= 4 is 23.1 Å². The van der Waals surface area contributed by atoms with E-state index in [0.717, 1.165) is 21.5 Å². The molecule has 0 fully saturated rings. The summed E-state index contributed by atoms with van der Waals surface area (Å²) in [5.41, 5.74) is 3.62. The van der Waals surface area contributed by atoms with Gasteiger partial charge in [0.05, 0.1) is 0 Å². The predicted molar refractivity (Wildman–Crippen MR) is 98.0 cm³/mol. The summed E-state index contributed by atoms with van der Waals surface area (Å²) in [7, 11) is 0. The van der Waals surface area contributed by atoms with E-state index in [1.54, 1.807) is 23.1 Å². The van der Waals surface area contributed by atoms with Crippen LogP contribution in [0.1, 0.15) is 35.8 Å². The second-order valence-electron chi connectivity index (χ2n) is 5.74. The van der Waals surface area contributed by atoms with Crippen molar-refractivity contribution in [2.24, 2.45) is 0 Å². The van der Waals surface area contributed by atoms with Crippen molar-refractivity contribution in [3.05, 3.63) is 58.9 Å². The van der Waals surface area contributed by atoms with Gasteiger partial charge in [-0.1, -0.05) is 49.9 Å². The van der Waals surface area contributed by atoms with Gasteiger partial charge in [-0.2, -0.15) is 0 Å². The van der Waals surface area contributed by atoms with Gasteiger partial charge in [-0.15, -0.1) is 11.3 Å². The molecule has 0 saturated heterocycles. The smallest absolute Gasteiger partial charge is 0.187 e. The van der Waals surface area contributed by atoms with Crippen LogP contribution < -0.4 is 0 Å². The summed E-state index contributed by atoms with van der Waals surface area (Å²) in [5.74, 6) is 1.41. The molecule has 0 aliphatic heterocycles. The van der Waals surface area contributed by atoms with Gasteiger partial charge in [0.15, 0.2) is 5.16 Å². The van der Waals surface area contributed by atoms with E-state index in [0.29, 0.717) is 5.92 Å². The van der Waals surface area contributed by atoms with E-state index in [2.05, 4.69) is 53.1 Å². The van der Waals surface area contributed by atoms with E-state index < -0.39 is 0 Å². The second-order valence-corrected chi connectivity index (χ2v) is 7.80. The third-order valence-corrected chi connectivity index (χ3v) is 5.63. The molecule has 0 spiro atoms. The van der Waals surface area contributed by atoms with E-state index in [9.17, 15) is 0 Å². The minimum Gasteiger partial charge on any atom is -0.244 e. The first-order chi connectivity index (χ1) is 11.1. The van der Waals surface area contributed by atoms with Crippen LogP contribution in [0.4, 0.5) is 0 Å². The Morgan fingerprint density at radius 3 is 2.35 bits per heavy atom. The highest BCUT2D eigenvalue weighted by Crippen LogP contribution is 2.29. The molecule has 0 unspecified atom stereocenters. The summed E-state index contributed by atoms with van der Waals surface area (Å²) in [6.45, 7) is 6.41. The molecule has 0 aliphatic rings. The zero-order chi connectivity index (χ0) is 16.2. The van der Waals surface area contributed by atoms with Crippen molar-refractivity contribution in [3.63, 3.8) is 0 Å². The van der Waals surface area contributed by atoms with E-state index in [1.807, 2.05) is 25.5 Å². The van der Waals surface area contributed by atoms with Crippen LogP contribution in [0.2, 0.25) is 0 Å². The lowest BCUT2D eigenvalue weighted by molar-refractivity contribution is 0.867. The lowest BCUT2D eigenvalue weighted by Gasteiger charge is -2.05. The fraction of sp³-hybridized carbons (Fsp3) is 0.278. The van der Waals surface area contributed by atoms with Crippen LogP contribution in [-0.2, 0) is 5.75 Å². The fourth-order valence-electron chi connectivity index (χ4n) is 2.11. The minimum absolute atomic E-state index is 0.557.